The lowest BCUT2D eigenvalue weighted by molar-refractivity contribution is 0.0882. The van der Waals surface area contributed by atoms with Gasteiger partial charge in [0.2, 0.25) is 0 Å². The molecule has 1 saturated carbocycles. The molecule has 2 heterocycles. The Morgan fingerprint density at radius 1 is 1.03 bits per heavy atom. The SMILES string of the molecule is CC(C)C1CCC(N2CCC(n3c(CO)c(C=NO)c4ccccc43)CC2)CC1. The number of aliphatic hydroxyl groups excluding tert-OH is 1. The lowest BCUT2D eigenvalue weighted by Crippen LogP contribution is -2.44. The van der Waals surface area contributed by atoms with Gasteiger partial charge in [0.1, 0.15) is 0 Å². The van der Waals surface area contributed by atoms with Crippen LogP contribution in [0.1, 0.15) is 69.7 Å². The zero-order chi connectivity index (χ0) is 20.4. The molecule has 0 unspecified atom stereocenters. The average Bonchev–Trinajstić information content (AvgIpc) is 3.08. The number of rotatable bonds is 5. The van der Waals surface area contributed by atoms with Crippen molar-refractivity contribution in [3.8, 4) is 0 Å². The van der Waals surface area contributed by atoms with Crippen molar-refractivity contribution >= 4 is 17.1 Å². The van der Waals surface area contributed by atoms with Crippen molar-refractivity contribution in [2.24, 2.45) is 17.0 Å². The topological polar surface area (TPSA) is 61.0 Å². The molecule has 1 aliphatic heterocycles. The van der Waals surface area contributed by atoms with E-state index in [1.54, 1.807) is 0 Å². The third kappa shape index (κ3) is 3.95. The van der Waals surface area contributed by atoms with E-state index in [2.05, 4.69) is 34.5 Å². The Morgan fingerprint density at radius 2 is 1.72 bits per heavy atom. The number of aromatic nitrogens is 1. The molecule has 29 heavy (non-hydrogen) atoms. The van der Waals surface area contributed by atoms with Gasteiger partial charge in [-0.05, 0) is 56.4 Å². The molecular formula is C24H35N3O2. The summed E-state index contributed by atoms with van der Waals surface area (Å²) >= 11 is 0. The molecule has 0 bridgehead atoms. The van der Waals surface area contributed by atoms with E-state index in [-0.39, 0.29) is 6.61 Å². The van der Waals surface area contributed by atoms with Crippen LogP contribution in [0.4, 0.5) is 0 Å². The lowest BCUT2D eigenvalue weighted by atomic mass is 9.79. The summed E-state index contributed by atoms with van der Waals surface area (Å²) in [6.45, 7) is 6.94. The van der Waals surface area contributed by atoms with E-state index < -0.39 is 0 Å². The van der Waals surface area contributed by atoms with Gasteiger partial charge < -0.3 is 19.8 Å². The number of piperidine rings is 1. The minimum absolute atomic E-state index is 0.0462. The quantitative estimate of drug-likeness (QED) is 0.433. The molecule has 0 atom stereocenters. The van der Waals surface area contributed by atoms with E-state index in [9.17, 15) is 5.11 Å². The number of hydrogen-bond donors (Lipinski definition) is 2. The maximum atomic E-state index is 10.1. The minimum Gasteiger partial charge on any atom is -0.411 e. The first-order valence-corrected chi connectivity index (χ1v) is 11.3. The van der Waals surface area contributed by atoms with Crippen molar-refractivity contribution in [1.82, 2.24) is 9.47 Å². The van der Waals surface area contributed by atoms with Crippen molar-refractivity contribution in [3.05, 3.63) is 35.5 Å². The molecule has 0 radical (unpaired) electrons. The van der Waals surface area contributed by atoms with E-state index in [1.165, 1.54) is 31.9 Å². The molecule has 0 spiro atoms. The second-order valence-electron chi connectivity index (χ2n) is 9.23. The molecule has 1 aromatic carbocycles. The molecule has 158 valence electrons. The molecule has 1 aromatic heterocycles. The smallest absolute Gasteiger partial charge is 0.0840 e. The van der Waals surface area contributed by atoms with E-state index in [0.29, 0.717) is 6.04 Å². The Morgan fingerprint density at radius 3 is 2.34 bits per heavy atom. The molecular weight excluding hydrogens is 362 g/mol. The van der Waals surface area contributed by atoms with Crippen molar-refractivity contribution in [3.63, 3.8) is 0 Å². The van der Waals surface area contributed by atoms with Gasteiger partial charge >= 0.3 is 0 Å². The normalized spacial score (nSPS) is 24.8. The number of para-hydroxylation sites is 1. The number of nitrogens with zero attached hydrogens (tertiary/aromatic N) is 3. The van der Waals surface area contributed by atoms with Gasteiger partial charge in [-0.25, -0.2) is 0 Å². The standard InChI is InChI=1S/C24H35N3O2/c1-17(2)18-7-9-19(10-8-18)26-13-11-20(12-14-26)27-23-6-4-3-5-21(23)22(15-25-29)24(27)16-28/h3-6,15,17-20,28-29H,7-14,16H2,1-2H3. The predicted octanol–water partition coefficient (Wildman–Crippen LogP) is 4.79. The second kappa shape index (κ2) is 8.88. The molecule has 1 aliphatic carbocycles. The summed E-state index contributed by atoms with van der Waals surface area (Å²) in [5.41, 5.74) is 2.82. The summed E-state index contributed by atoms with van der Waals surface area (Å²) in [4.78, 5) is 2.72. The molecule has 2 aromatic rings. The zero-order valence-electron chi connectivity index (χ0n) is 17.8. The van der Waals surface area contributed by atoms with Gasteiger partial charge in [-0.2, -0.15) is 0 Å². The fourth-order valence-electron chi connectivity index (χ4n) is 5.76. The third-order valence-corrected chi connectivity index (χ3v) is 7.46. The molecule has 5 heteroatoms. The maximum absolute atomic E-state index is 10.1. The van der Waals surface area contributed by atoms with E-state index in [1.807, 2.05) is 18.2 Å². The first-order valence-electron chi connectivity index (χ1n) is 11.3. The Bertz CT molecular complexity index is 841. The number of hydrogen-bond acceptors (Lipinski definition) is 4. The molecule has 0 amide bonds. The molecule has 2 N–H and O–H groups in total. The van der Waals surface area contributed by atoms with Crippen LogP contribution in [0.15, 0.2) is 29.4 Å². The minimum atomic E-state index is -0.0462. The van der Waals surface area contributed by atoms with Crippen LogP contribution in [-0.2, 0) is 6.61 Å². The van der Waals surface area contributed by atoms with Gasteiger partial charge in [0, 0.05) is 41.6 Å². The highest BCUT2D eigenvalue weighted by atomic mass is 16.4. The van der Waals surface area contributed by atoms with Gasteiger partial charge in [0.05, 0.1) is 18.5 Å². The number of aliphatic hydroxyl groups is 1. The zero-order valence-corrected chi connectivity index (χ0v) is 17.8. The van der Waals surface area contributed by atoms with E-state index in [0.717, 1.165) is 66.0 Å². The summed E-state index contributed by atoms with van der Waals surface area (Å²) in [6.07, 6.45) is 9.12. The fraction of sp³-hybridized carbons (Fsp3) is 0.625. The van der Waals surface area contributed by atoms with Crippen LogP contribution in [0.3, 0.4) is 0 Å². The first kappa shape index (κ1) is 20.4. The summed E-state index contributed by atoms with van der Waals surface area (Å²) in [6, 6.07) is 9.33. The first-order chi connectivity index (χ1) is 14.1. The van der Waals surface area contributed by atoms with Crippen LogP contribution in [0.2, 0.25) is 0 Å². The van der Waals surface area contributed by atoms with Crippen LogP contribution in [-0.4, -0.2) is 45.1 Å². The average molecular weight is 398 g/mol. The Kier molecular flexibility index (Phi) is 6.26. The summed E-state index contributed by atoms with van der Waals surface area (Å²) in [5.74, 6) is 1.73. The number of likely N-dealkylation sites (tertiary alicyclic amines) is 1. The molecule has 1 saturated heterocycles. The largest absolute Gasteiger partial charge is 0.411 e. The van der Waals surface area contributed by atoms with Crippen LogP contribution >= 0.6 is 0 Å². The van der Waals surface area contributed by atoms with Gasteiger partial charge in [0.15, 0.2) is 0 Å². The molecule has 5 nitrogen and oxygen atoms in total. The molecule has 2 fully saturated rings. The van der Waals surface area contributed by atoms with Crippen molar-refractivity contribution in [2.75, 3.05) is 13.1 Å². The van der Waals surface area contributed by atoms with Gasteiger partial charge in [-0.3, -0.25) is 0 Å². The number of oxime groups is 1. The highest BCUT2D eigenvalue weighted by Crippen LogP contribution is 2.37. The fourth-order valence-corrected chi connectivity index (χ4v) is 5.76. The molecule has 4 rings (SSSR count). The summed E-state index contributed by atoms with van der Waals surface area (Å²) in [5, 5.41) is 23.5. The van der Waals surface area contributed by atoms with Gasteiger partial charge in [0.25, 0.3) is 0 Å². The molecule has 2 aliphatic rings. The van der Waals surface area contributed by atoms with Crippen LogP contribution in [0, 0.1) is 11.8 Å². The van der Waals surface area contributed by atoms with Crippen molar-refractivity contribution in [2.45, 2.75) is 71.1 Å². The predicted molar refractivity (Wildman–Crippen MR) is 118 cm³/mol. The lowest BCUT2D eigenvalue weighted by Gasteiger charge is -2.42. The monoisotopic (exact) mass is 397 g/mol. The highest BCUT2D eigenvalue weighted by Gasteiger charge is 2.31. The Hall–Kier alpha value is -1.85. The van der Waals surface area contributed by atoms with Crippen LogP contribution in [0.5, 0.6) is 0 Å². The maximum Gasteiger partial charge on any atom is 0.0840 e. The number of benzene rings is 1. The van der Waals surface area contributed by atoms with Crippen LogP contribution in [0.25, 0.3) is 10.9 Å². The third-order valence-electron chi connectivity index (χ3n) is 7.46. The second-order valence-corrected chi connectivity index (χ2v) is 9.23. The Labute approximate surface area is 174 Å². The van der Waals surface area contributed by atoms with Crippen LogP contribution < -0.4 is 0 Å². The Balaban J connectivity index is 1.50. The van der Waals surface area contributed by atoms with Crippen molar-refractivity contribution in [1.29, 1.82) is 0 Å². The summed E-state index contributed by atoms with van der Waals surface area (Å²) in [7, 11) is 0. The van der Waals surface area contributed by atoms with E-state index in [4.69, 9.17) is 5.21 Å². The number of fused-ring (bicyclic) bond motifs is 1. The van der Waals surface area contributed by atoms with Crippen molar-refractivity contribution < 1.29 is 10.3 Å². The van der Waals surface area contributed by atoms with Gasteiger partial charge in [-0.15, -0.1) is 0 Å². The highest BCUT2D eigenvalue weighted by molar-refractivity contribution is 6.01. The summed E-state index contributed by atoms with van der Waals surface area (Å²) < 4.78 is 2.30. The van der Waals surface area contributed by atoms with E-state index >= 15 is 0 Å². The van der Waals surface area contributed by atoms with Gasteiger partial charge in [-0.1, -0.05) is 37.2 Å².